The zero-order valence-corrected chi connectivity index (χ0v) is 10.1. The molecule has 0 aliphatic carbocycles. The maximum Gasteiger partial charge on any atom is 0.185 e. The van der Waals surface area contributed by atoms with Crippen molar-refractivity contribution in [3.63, 3.8) is 0 Å². The third-order valence-corrected chi connectivity index (χ3v) is 3.52. The minimum atomic E-state index is 0.0740. The molecular weight excluding hydrogens is 194 g/mol. The lowest BCUT2D eigenvalue weighted by Gasteiger charge is -2.15. The minimum absolute atomic E-state index is 0.0740. The Balaban J connectivity index is 2.76. The van der Waals surface area contributed by atoms with E-state index in [0.717, 1.165) is 17.2 Å². The van der Waals surface area contributed by atoms with Crippen molar-refractivity contribution in [2.24, 2.45) is 11.7 Å². The highest BCUT2D eigenvalue weighted by molar-refractivity contribution is 7.13. The summed E-state index contributed by atoms with van der Waals surface area (Å²) in [4.78, 5) is 6.51. The van der Waals surface area contributed by atoms with Crippen LogP contribution in [0.1, 0.15) is 32.0 Å². The van der Waals surface area contributed by atoms with Gasteiger partial charge in [0, 0.05) is 19.5 Å². The zero-order valence-electron chi connectivity index (χ0n) is 9.32. The van der Waals surface area contributed by atoms with E-state index in [9.17, 15) is 0 Å². The quantitative estimate of drug-likeness (QED) is 0.834. The highest BCUT2D eigenvalue weighted by Crippen LogP contribution is 2.26. The van der Waals surface area contributed by atoms with Crippen LogP contribution >= 0.6 is 11.3 Å². The van der Waals surface area contributed by atoms with Gasteiger partial charge < -0.3 is 10.6 Å². The average Bonchev–Trinajstić information content (AvgIpc) is 2.64. The van der Waals surface area contributed by atoms with E-state index in [1.54, 1.807) is 11.3 Å². The van der Waals surface area contributed by atoms with Crippen LogP contribution in [0.3, 0.4) is 0 Å². The van der Waals surface area contributed by atoms with E-state index in [2.05, 4.69) is 24.2 Å². The molecule has 0 saturated carbocycles. The largest absolute Gasteiger partial charge is 0.354 e. The zero-order chi connectivity index (χ0) is 10.7. The van der Waals surface area contributed by atoms with Crippen molar-refractivity contribution in [1.29, 1.82) is 0 Å². The first-order valence-corrected chi connectivity index (χ1v) is 5.82. The molecule has 1 aromatic rings. The summed E-state index contributed by atoms with van der Waals surface area (Å²) in [6.45, 7) is 4.32. The van der Waals surface area contributed by atoms with Gasteiger partial charge in [-0.15, -0.1) is 11.3 Å². The molecule has 0 bridgehead atoms. The van der Waals surface area contributed by atoms with E-state index in [-0.39, 0.29) is 6.04 Å². The molecule has 2 unspecified atom stereocenters. The summed E-state index contributed by atoms with van der Waals surface area (Å²) < 4.78 is 0. The summed E-state index contributed by atoms with van der Waals surface area (Å²) in [6, 6.07) is 0.0740. The number of hydrogen-bond donors (Lipinski definition) is 1. The second kappa shape index (κ2) is 4.75. The molecule has 80 valence electrons. The lowest BCUT2D eigenvalue weighted by Crippen LogP contribution is -2.19. The molecule has 0 fully saturated rings. The molecule has 4 heteroatoms. The van der Waals surface area contributed by atoms with Gasteiger partial charge in [-0.2, -0.15) is 0 Å². The second-order valence-corrected chi connectivity index (χ2v) is 4.70. The molecule has 3 nitrogen and oxygen atoms in total. The Morgan fingerprint density at radius 2 is 2.21 bits per heavy atom. The monoisotopic (exact) mass is 213 g/mol. The number of rotatable bonds is 4. The van der Waals surface area contributed by atoms with Gasteiger partial charge in [0.2, 0.25) is 0 Å². The third kappa shape index (κ3) is 2.45. The predicted octanol–water partition coefficient (Wildman–Crippen LogP) is 2.26. The highest BCUT2D eigenvalue weighted by Gasteiger charge is 2.16. The second-order valence-electron chi connectivity index (χ2n) is 3.86. The molecule has 1 rings (SSSR count). The number of hydrogen-bond acceptors (Lipinski definition) is 4. The Bertz CT molecular complexity index is 283. The van der Waals surface area contributed by atoms with E-state index in [1.807, 2.05) is 19.0 Å². The first kappa shape index (κ1) is 11.5. The number of nitrogens with two attached hydrogens (primary N) is 1. The smallest absolute Gasteiger partial charge is 0.185 e. The van der Waals surface area contributed by atoms with Gasteiger partial charge in [0.1, 0.15) is 0 Å². The number of thiazole rings is 1. The minimum Gasteiger partial charge on any atom is -0.354 e. The molecule has 14 heavy (non-hydrogen) atoms. The molecule has 0 aromatic carbocycles. The summed E-state index contributed by atoms with van der Waals surface area (Å²) >= 11 is 1.65. The van der Waals surface area contributed by atoms with Gasteiger partial charge in [0.15, 0.2) is 5.13 Å². The van der Waals surface area contributed by atoms with Crippen molar-refractivity contribution in [3.8, 4) is 0 Å². The van der Waals surface area contributed by atoms with Crippen molar-refractivity contribution >= 4 is 16.5 Å². The van der Waals surface area contributed by atoms with Crippen LogP contribution in [0.25, 0.3) is 0 Å². The van der Waals surface area contributed by atoms with E-state index >= 15 is 0 Å². The van der Waals surface area contributed by atoms with Gasteiger partial charge in [-0.3, -0.25) is 0 Å². The molecule has 2 atom stereocenters. The summed E-state index contributed by atoms with van der Waals surface area (Å²) in [6.07, 6.45) is 1.09. The normalized spacial score (nSPS) is 15.2. The van der Waals surface area contributed by atoms with Gasteiger partial charge in [-0.05, 0) is 5.92 Å². The van der Waals surface area contributed by atoms with Crippen LogP contribution in [-0.2, 0) is 0 Å². The maximum absolute atomic E-state index is 6.09. The standard InChI is InChI=1S/C10H19N3S/c1-5-7(2)9(11)8-6-14-10(12-8)13(3)4/h6-7,9H,5,11H2,1-4H3. The number of nitrogens with zero attached hydrogens (tertiary/aromatic N) is 2. The van der Waals surface area contributed by atoms with Crippen LogP contribution < -0.4 is 10.6 Å². The fourth-order valence-corrected chi connectivity index (χ4v) is 1.99. The Morgan fingerprint density at radius 3 is 2.64 bits per heavy atom. The summed E-state index contributed by atoms with van der Waals surface area (Å²) in [5.41, 5.74) is 7.11. The molecule has 1 aromatic heterocycles. The molecule has 0 radical (unpaired) electrons. The molecule has 1 heterocycles. The first-order chi connectivity index (χ1) is 6.56. The number of anilines is 1. The van der Waals surface area contributed by atoms with Crippen LogP contribution in [0, 0.1) is 5.92 Å². The van der Waals surface area contributed by atoms with Crippen LogP contribution in [0.2, 0.25) is 0 Å². The summed E-state index contributed by atoms with van der Waals surface area (Å²) in [5.74, 6) is 0.493. The molecular formula is C10H19N3S. The molecule has 2 N–H and O–H groups in total. The van der Waals surface area contributed by atoms with Gasteiger partial charge in [-0.25, -0.2) is 4.98 Å². The predicted molar refractivity (Wildman–Crippen MR) is 62.8 cm³/mol. The topological polar surface area (TPSA) is 42.1 Å². The van der Waals surface area contributed by atoms with Crippen molar-refractivity contribution in [2.45, 2.75) is 26.3 Å². The number of aromatic nitrogens is 1. The van der Waals surface area contributed by atoms with Crippen molar-refractivity contribution in [2.75, 3.05) is 19.0 Å². The van der Waals surface area contributed by atoms with Gasteiger partial charge >= 0.3 is 0 Å². The first-order valence-electron chi connectivity index (χ1n) is 4.94. The van der Waals surface area contributed by atoms with E-state index in [4.69, 9.17) is 5.73 Å². The SMILES string of the molecule is CCC(C)C(N)c1csc(N(C)C)n1. The van der Waals surface area contributed by atoms with Crippen molar-refractivity contribution in [3.05, 3.63) is 11.1 Å². The Kier molecular flexibility index (Phi) is 3.89. The average molecular weight is 213 g/mol. The molecule has 0 aliphatic rings. The van der Waals surface area contributed by atoms with Crippen molar-refractivity contribution in [1.82, 2.24) is 4.98 Å². The Morgan fingerprint density at radius 1 is 1.57 bits per heavy atom. The van der Waals surface area contributed by atoms with Crippen LogP contribution in [0.15, 0.2) is 5.38 Å². The van der Waals surface area contributed by atoms with E-state index in [0.29, 0.717) is 5.92 Å². The van der Waals surface area contributed by atoms with E-state index in [1.165, 1.54) is 0 Å². The lowest BCUT2D eigenvalue weighted by molar-refractivity contribution is 0.450. The molecule has 0 saturated heterocycles. The Labute approximate surface area is 89.9 Å². The maximum atomic E-state index is 6.09. The molecule has 0 amide bonds. The lowest BCUT2D eigenvalue weighted by atomic mass is 9.98. The van der Waals surface area contributed by atoms with Gasteiger partial charge in [-0.1, -0.05) is 20.3 Å². The van der Waals surface area contributed by atoms with E-state index < -0.39 is 0 Å². The summed E-state index contributed by atoms with van der Waals surface area (Å²) in [7, 11) is 3.99. The van der Waals surface area contributed by atoms with Crippen molar-refractivity contribution < 1.29 is 0 Å². The van der Waals surface area contributed by atoms with Gasteiger partial charge in [0.25, 0.3) is 0 Å². The van der Waals surface area contributed by atoms with Crippen LogP contribution in [-0.4, -0.2) is 19.1 Å². The highest BCUT2D eigenvalue weighted by atomic mass is 32.1. The fourth-order valence-electron chi connectivity index (χ4n) is 1.18. The van der Waals surface area contributed by atoms with Gasteiger partial charge in [0.05, 0.1) is 11.7 Å². The van der Waals surface area contributed by atoms with Crippen LogP contribution in [0.4, 0.5) is 5.13 Å². The fraction of sp³-hybridized carbons (Fsp3) is 0.700. The van der Waals surface area contributed by atoms with Crippen LogP contribution in [0.5, 0.6) is 0 Å². The molecule has 0 spiro atoms. The third-order valence-electron chi connectivity index (χ3n) is 2.49. The summed E-state index contributed by atoms with van der Waals surface area (Å²) in [5, 5.41) is 3.09. The molecule has 0 aliphatic heterocycles. The Hall–Kier alpha value is -0.610.